The molecule has 0 saturated carbocycles. The first-order valence-electron chi connectivity index (χ1n) is 8.55. The number of rotatable bonds is 2. The van der Waals surface area contributed by atoms with Gasteiger partial charge in [0.2, 0.25) is 0 Å². The number of carbonyl (C=O) groups excluding carboxylic acids is 1. The molecule has 5 atom stereocenters. The first kappa shape index (κ1) is 17.9. The molecule has 4 rings (SSSR count). The third kappa shape index (κ3) is 3.05. The van der Waals surface area contributed by atoms with Crippen LogP contribution in [-0.2, 0) is 9.53 Å². The Morgan fingerprint density at radius 2 is 1.54 bits per heavy atom. The van der Waals surface area contributed by atoms with Crippen LogP contribution >= 0.6 is 34.8 Å². The minimum atomic E-state index is -0.229. The molecule has 0 spiro atoms. The Bertz CT molecular complexity index is 875. The van der Waals surface area contributed by atoms with Crippen LogP contribution in [0.5, 0.6) is 0 Å². The number of carbonyl (C=O) groups is 1. The second-order valence-corrected chi connectivity index (χ2v) is 8.18. The zero-order chi connectivity index (χ0) is 18.4. The van der Waals surface area contributed by atoms with Gasteiger partial charge >= 0.3 is 5.97 Å². The van der Waals surface area contributed by atoms with E-state index in [0.29, 0.717) is 15.1 Å². The third-order valence-electron chi connectivity index (χ3n) is 5.43. The van der Waals surface area contributed by atoms with Crippen LogP contribution in [0.3, 0.4) is 0 Å². The maximum absolute atomic E-state index is 12.3. The first-order valence-corrected chi connectivity index (χ1v) is 9.68. The fraction of sp³-hybridized carbons (Fsp3) is 0.286. The molecular formula is C21H17Cl3O2. The summed E-state index contributed by atoms with van der Waals surface area (Å²) >= 11 is 18.7. The van der Waals surface area contributed by atoms with E-state index in [-0.39, 0.29) is 35.7 Å². The number of halogens is 3. The molecule has 2 aliphatic rings. The van der Waals surface area contributed by atoms with E-state index in [2.05, 4.69) is 6.08 Å². The van der Waals surface area contributed by atoms with Crippen molar-refractivity contribution in [3.8, 4) is 0 Å². The van der Waals surface area contributed by atoms with Crippen LogP contribution in [0.1, 0.15) is 29.9 Å². The average Bonchev–Trinajstić information content (AvgIpc) is 2.90. The molecule has 26 heavy (non-hydrogen) atoms. The average molecular weight is 408 g/mol. The molecule has 1 aliphatic carbocycles. The van der Waals surface area contributed by atoms with Gasteiger partial charge in [0.15, 0.2) is 0 Å². The van der Waals surface area contributed by atoms with Crippen molar-refractivity contribution in [3.05, 3.63) is 80.8 Å². The molecule has 0 N–H and O–H groups in total. The van der Waals surface area contributed by atoms with Gasteiger partial charge in [0, 0.05) is 32.8 Å². The maximum Gasteiger partial charge on any atom is 0.313 e. The zero-order valence-electron chi connectivity index (χ0n) is 14.0. The van der Waals surface area contributed by atoms with Gasteiger partial charge in [-0.15, -0.1) is 0 Å². The van der Waals surface area contributed by atoms with Gasteiger partial charge in [-0.2, -0.15) is 0 Å². The number of hydrogen-bond donors (Lipinski definition) is 0. The van der Waals surface area contributed by atoms with Crippen molar-refractivity contribution < 1.29 is 9.53 Å². The second kappa shape index (κ2) is 6.92. The Morgan fingerprint density at radius 1 is 0.885 bits per heavy atom. The van der Waals surface area contributed by atoms with Crippen LogP contribution in [-0.4, -0.2) is 12.1 Å². The van der Waals surface area contributed by atoms with Crippen LogP contribution in [0.2, 0.25) is 15.1 Å². The predicted octanol–water partition coefficient (Wildman–Crippen LogP) is 6.26. The molecule has 0 amide bonds. The van der Waals surface area contributed by atoms with Crippen molar-refractivity contribution in [2.45, 2.75) is 24.9 Å². The van der Waals surface area contributed by atoms with Crippen molar-refractivity contribution in [2.75, 3.05) is 0 Å². The summed E-state index contributed by atoms with van der Waals surface area (Å²) in [5, 5.41) is 1.92. The number of benzene rings is 2. The van der Waals surface area contributed by atoms with Gasteiger partial charge in [-0.1, -0.05) is 65.2 Å². The monoisotopic (exact) mass is 406 g/mol. The zero-order valence-corrected chi connectivity index (χ0v) is 16.3. The highest BCUT2D eigenvalue weighted by Crippen LogP contribution is 2.52. The molecule has 1 saturated heterocycles. The van der Waals surface area contributed by atoms with E-state index in [4.69, 9.17) is 39.5 Å². The van der Waals surface area contributed by atoms with Crippen molar-refractivity contribution in [3.63, 3.8) is 0 Å². The molecule has 1 heterocycles. The molecule has 2 nitrogen and oxygen atoms in total. The Morgan fingerprint density at radius 3 is 2.23 bits per heavy atom. The van der Waals surface area contributed by atoms with Crippen molar-refractivity contribution in [2.24, 2.45) is 11.8 Å². The standard InChI is InChI=1S/C21H17Cl3O2/c1-11-19-17(21(25)26-11)9-8-16(15-7-6-14(23)10-18(15)24)20(19)12-2-4-13(22)5-3-12/h2-11,16-17,19-20H,1H3/t11?,16?,17?,19-,20?/m0/s1. The van der Waals surface area contributed by atoms with Crippen LogP contribution < -0.4 is 0 Å². The number of ether oxygens (including phenoxy) is 1. The van der Waals surface area contributed by atoms with Crippen molar-refractivity contribution in [1.29, 1.82) is 0 Å². The summed E-state index contributed by atoms with van der Waals surface area (Å²) in [6.07, 6.45) is 3.89. The summed E-state index contributed by atoms with van der Waals surface area (Å²) in [4.78, 5) is 12.3. The molecule has 0 bridgehead atoms. The smallest absolute Gasteiger partial charge is 0.313 e. The second-order valence-electron chi connectivity index (χ2n) is 6.90. The first-order chi connectivity index (χ1) is 12.5. The molecular weight excluding hydrogens is 391 g/mol. The molecule has 1 fully saturated rings. The number of esters is 1. The fourth-order valence-electron chi connectivity index (χ4n) is 4.29. The van der Waals surface area contributed by atoms with Gasteiger partial charge in [0.25, 0.3) is 0 Å². The Kier molecular flexibility index (Phi) is 4.77. The third-order valence-corrected chi connectivity index (χ3v) is 6.25. The Labute approximate surface area is 167 Å². The summed E-state index contributed by atoms with van der Waals surface area (Å²) < 4.78 is 5.55. The van der Waals surface area contributed by atoms with Gasteiger partial charge in [-0.05, 0) is 42.3 Å². The lowest BCUT2D eigenvalue weighted by Gasteiger charge is -2.37. The van der Waals surface area contributed by atoms with Crippen molar-refractivity contribution in [1.82, 2.24) is 0 Å². The van der Waals surface area contributed by atoms with Gasteiger partial charge < -0.3 is 4.74 Å². The van der Waals surface area contributed by atoms with Gasteiger partial charge in [0.05, 0.1) is 5.92 Å². The summed E-state index contributed by atoms with van der Waals surface area (Å²) in [5.74, 6) is -0.252. The van der Waals surface area contributed by atoms with Gasteiger partial charge in [-0.3, -0.25) is 4.79 Å². The summed E-state index contributed by atoms with van der Waals surface area (Å²) in [7, 11) is 0. The number of fused-ring (bicyclic) bond motifs is 1. The molecule has 4 unspecified atom stereocenters. The SMILES string of the molecule is CC1OC(=O)C2C=CC(c3ccc(Cl)cc3Cl)C(c3ccc(Cl)cc3)[C@@H]12. The molecule has 5 heteroatoms. The van der Waals surface area contributed by atoms with E-state index in [0.717, 1.165) is 11.1 Å². The number of hydrogen-bond acceptors (Lipinski definition) is 2. The highest BCUT2D eigenvalue weighted by Gasteiger charge is 2.50. The lowest BCUT2D eigenvalue weighted by atomic mass is 9.65. The van der Waals surface area contributed by atoms with Gasteiger partial charge in [0.1, 0.15) is 6.10 Å². The lowest BCUT2D eigenvalue weighted by molar-refractivity contribution is -0.142. The predicted molar refractivity (Wildman–Crippen MR) is 105 cm³/mol. The highest BCUT2D eigenvalue weighted by molar-refractivity contribution is 6.35. The highest BCUT2D eigenvalue weighted by atomic mass is 35.5. The van der Waals surface area contributed by atoms with E-state index in [9.17, 15) is 4.79 Å². The number of allylic oxidation sites excluding steroid dienone is 1. The Hall–Kier alpha value is -1.48. The molecule has 0 aromatic heterocycles. The molecule has 0 radical (unpaired) electrons. The van der Waals surface area contributed by atoms with E-state index in [1.54, 1.807) is 6.07 Å². The maximum atomic E-state index is 12.3. The van der Waals surface area contributed by atoms with E-state index < -0.39 is 0 Å². The Balaban J connectivity index is 1.85. The normalized spacial score (nSPS) is 30.2. The van der Waals surface area contributed by atoms with Crippen LogP contribution in [0.4, 0.5) is 0 Å². The van der Waals surface area contributed by atoms with Crippen molar-refractivity contribution >= 4 is 40.8 Å². The number of cyclic esters (lactones) is 1. The summed E-state index contributed by atoms with van der Waals surface area (Å²) in [6.45, 7) is 1.96. The largest absolute Gasteiger partial charge is 0.462 e. The van der Waals surface area contributed by atoms with Crippen LogP contribution in [0.15, 0.2) is 54.6 Å². The molecule has 2 aromatic carbocycles. The molecule has 2 aromatic rings. The molecule has 134 valence electrons. The van der Waals surface area contributed by atoms with E-state index in [1.165, 1.54) is 0 Å². The topological polar surface area (TPSA) is 26.3 Å². The van der Waals surface area contributed by atoms with Gasteiger partial charge in [-0.25, -0.2) is 0 Å². The molecule has 1 aliphatic heterocycles. The summed E-state index contributed by atoms with van der Waals surface area (Å²) in [5.41, 5.74) is 2.12. The summed E-state index contributed by atoms with van der Waals surface area (Å²) in [6, 6.07) is 13.4. The lowest BCUT2D eigenvalue weighted by Crippen LogP contribution is -2.32. The quantitative estimate of drug-likeness (QED) is 0.434. The van der Waals surface area contributed by atoms with Crippen LogP contribution in [0, 0.1) is 11.8 Å². The minimum Gasteiger partial charge on any atom is -0.462 e. The van der Waals surface area contributed by atoms with E-state index in [1.807, 2.05) is 49.4 Å². The minimum absolute atomic E-state index is 0.0270. The fourth-order valence-corrected chi connectivity index (χ4v) is 4.95. The van der Waals surface area contributed by atoms with Crippen LogP contribution in [0.25, 0.3) is 0 Å². The van der Waals surface area contributed by atoms with E-state index >= 15 is 0 Å².